The fourth-order valence-corrected chi connectivity index (χ4v) is 4.36. The number of primary amides is 1. The Hall–Kier alpha value is -4.91. The van der Waals surface area contributed by atoms with Gasteiger partial charge in [0.15, 0.2) is 12.2 Å². The molecule has 0 aromatic heterocycles. The summed E-state index contributed by atoms with van der Waals surface area (Å²) in [4.78, 5) is 50.0. The number of ether oxygens (including phenoxy) is 3. The first kappa shape index (κ1) is 30.1. The van der Waals surface area contributed by atoms with Gasteiger partial charge < -0.3 is 25.3 Å². The molecule has 4 rings (SSSR count). The number of halogens is 2. The Bertz CT molecular complexity index is 1470. The SMILES string of the molecule is NC(=O)CNC(=O)C1=C[C@@H](Oc2cc(F)ccc2Br)[C@H](OC(=O)Nc2ccccc2)[C@H](OC(=O)Nc2ccccc2)C1. The first-order valence-electron chi connectivity index (χ1n) is 12.6. The van der Waals surface area contributed by atoms with Gasteiger partial charge in [-0.2, -0.15) is 0 Å². The number of nitrogens with one attached hydrogen (secondary N) is 3. The highest BCUT2D eigenvalue weighted by Crippen LogP contribution is 2.32. The maximum Gasteiger partial charge on any atom is 0.412 e. The van der Waals surface area contributed by atoms with E-state index in [9.17, 15) is 23.6 Å². The van der Waals surface area contributed by atoms with E-state index in [1.807, 2.05) is 0 Å². The molecule has 0 saturated heterocycles. The summed E-state index contributed by atoms with van der Waals surface area (Å²) in [6, 6.07) is 20.6. The first-order valence-corrected chi connectivity index (χ1v) is 13.4. The maximum absolute atomic E-state index is 14.1. The minimum Gasteiger partial charge on any atom is -0.481 e. The van der Waals surface area contributed by atoms with Crippen LogP contribution in [0.15, 0.2) is 95.0 Å². The van der Waals surface area contributed by atoms with Crippen LogP contribution in [0.4, 0.5) is 25.4 Å². The van der Waals surface area contributed by atoms with Crippen LogP contribution in [0.25, 0.3) is 0 Å². The lowest BCUT2D eigenvalue weighted by atomic mass is 9.91. The second-order valence-corrected chi connectivity index (χ2v) is 9.85. The van der Waals surface area contributed by atoms with Gasteiger partial charge in [-0.25, -0.2) is 14.0 Å². The van der Waals surface area contributed by atoms with Crippen molar-refractivity contribution in [1.29, 1.82) is 0 Å². The van der Waals surface area contributed by atoms with Crippen molar-refractivity contribution >= 4 is 51.3 Å². The van der Waals surface area contributed by atoms with Gasteiger partial charge in [0.05, 0.1) is 11.0 Å². The van der Waals surface area contributed by atoms with Crippen LogP contribution in [0, 0.1) is 5.82 Å². The number of carbonyl (C=O) groups is 4. The van der Waals surface area contributed by atoms with Crippen LogP contribution in [0.3, 0.4) is 0 Å². The molecule has 1 aliphatic carbocycles. The second-order valence-electron chi connectivity index (χ2n) is 9.00. The zero-order valence-electron chi connectivity index (χ0n) is 21.9. The molecule has 0 radical (unpaired) electrons. The molecule has 1 aliphatic rings. The minimum atomic E-state index is -1.31. The minimum absolute atomic E-state index is 0.0274. The van der Waals surface area contributed by atoms with Crippen LogP contribution < -0.4 is 26.4 Å². The number of nitrogens with two attached hydrogens (primary N) is 1. The summed E-state index contributed by atoms with van der Waals surface area (Å²) in [5.41, 5.74) is 6.08. The maximum atomic E-state index is 14.1. The summed E-state index contributed by atoms with van der Waals surface area (Å²) in [5, 5.41) is 7.53. The molecule has 3 atom stereocenters. The summed E-state index contributed by atoms with van der Waals surface area (Å²) in [6.07, 6.45) is -4.48. The largest absolute Gasteiger partial charge is 0.481 e. The molecule has 0 fully saturated rings. The number of anilines is 2. The van der Waals surface area contributed by atoms with Gasteiger partial charge in [-0.15, -0.1) is 0 Å². The van der Waals surface area contributed by atoms with E-state index in [-0.39, 0.29) is 17.7 Å². The molecule has 13 heteroatoms. The van der Waals surface area contributed by atoms with E-state index in [4.69, 9.17) is 19.9 Å². The smallest absolute Gasteiger partial charge is 0.412 e. The highest BCUT2D eigenvalue weighted by Gasteiger charge is 2.42. The lowest BCUT2D eigenvalue weighted by molar-refractivity contribution is -0.123. The Kier molecular flexibility index (Phi) is 10.1. The molecule has 11 nitrogen and oxygen atoms in total. The number of para-hydroxylation sites is 2. The van der Waals surface area contributed by atoms with Crippen LogP contribution in [-0.4, -0.2) is 48.9 Å². The van der Waals surface area contributed by atoms with Crippen LogP contribution in [0.1, 0.15) is 6.42 Å². The van der Waals surface area contributed by atoms with Crippen LogP contribution in [0.2, 0.25) is 0 Å². The molecule has 0 bridgehead atoms. The monoisotopic (exact) mass is 640 g/mol. The quantitative estimate of drug-likeness (QED) is 0.268. The molecule has 0 heterocycles. The molecule has 218 valence electrons. The van der Waals surface area contributed by atoms with Gasteiger partial charge in [-0.1, -0.05) is 36.4 Å². The molecule has 0 aliphatic heterocycles. The number of amides is 4. The van der Waals surface area contributed by atoms with Crippen molar-refractivity contribution in [3.8, 4) is 5.75 Å². The Morgan fingerprint density at radius 3 is 2.07 bits per heavy atom. The third-order valence-corrected chi connectivity index (χ3v) is 6.54. The first-order chi connectivity index (χ1) is 20.2. The standard InChI is InChI=1S/C29H26BrFN4O7/c30-21-12-11-18(31)15-22(21)40-23-13-17(27(37)33-16-25(32)36)14-24(41-28(38)34-19-7-3-1-4-8-19)26(23)42-29(39)35-20-9-5-2-6-10-20/h1-13,15,23-24,26H,14,16H2,(H2,32,36)(H,33,37)(H,34,38)(H,35,39)/t23-,24-,26+/m1/s1. The van der Waals surface area contributed by atoms with E-state index < -0.39 is 54.7 Å². The predicted octanol–water partition coefficient (Wildman–Crippen LogP) is 4.50. The molecule has 5 N–H and O–H groups in total. The van der Waals surface area contributed by atoms with Crippen molar-refractivity contribution in [3.63, 3.8) is 0 Å². The Morgan fingerprint density at radius 1 is 0.881 bits per heavy atom. The molecule has 42 heavy (non-hydrogen) atoms. The van der Waals surface area contributed by atoms with Crippen molar-refractivity contribution in [2.24, 2.45) is 5.73 Å². The van der Waals surface area contributed by atoms with Crippen molar-refractivity contribution in [1.82, 2.24) is 5.32 Å². The third kappa shape index (κ3) is 8.54. The second kappa shape index (κ2) is 14.1. The third-order valence-electron chi connectivity index (χ3n) is 5.89. The number of benzene rings is 3. The van der Waals surface area contributed by atoms with E-state index >= 15 is 0 Å². The van der Waals surface area contributed by atoms with Gasteiger partial charge in [0.25, 0.3) is 0 Å². The van der Waals surface area contributed by atoms with E-state index in [0.29, 0.717) is 15.8 Å². The summed E-state index contributed by atoms with van der Waals surface area (Å²) >= 11 is 3.29. The van der Waals surface area contributed by atoms with Crippen molar-refractivity contribution in [2.75, 3.05) is 17.2 Å². The van der Waals surface area contributed by atoms with Gasteiger partial charge in [0.2, 0.25) is 11.8 Å². The van der Waals surface area contributed by atoms with E-state index in [0.717, 1.165) is 6.07 Å². The molecule has 3 aromatic carbocycles. The molecule has 0 spiro atoms. The zero-order valence-corrected chi connectivity index (χ0v) is 23.5. The van der Waals surface area contributed by atoms with E-state index in [1.54, 1.807) is 60.7 Å². The number of carbonyl (C=O) groups excluding carboxylic acids is 4. The van der Waals surface area contributed by atoms with Crippen molar-refractivity contribution < 1.29 is 37.8 Å². The van der Waals surface area contributed by atoms with Gasteiger partial charge >= 0.3 is 12.2 Å². The average Bonchev–Trinajstić information content (AvgIpc) is 2.96. The fraction of sp³-hybridized carbons (Fsp3) is 0.172. The van der Waals surface area contributed by atoms with E-state index in [1.165, 1.54) is 18.2 Å². The molecular formula is C29H26BrFN4O7. The molecule has 3 aromatic rings. The number of rotatable bonds is 9. The average molecular weight is 641 g/mol. The predicted molar refractivity (Wildman–Crippen MR) is 154 cm³/mol. The molecule has 4 amide bonds. The summed E-state index contributed by atoms with van der Waals surface area (Å²) in [6.45, 7) is -0.448. The lowest BCUT2D eigenvalue weighted by Crippen LogP contribution is -2.50. The normalized spacial score (nSPS) is 17.7. The Labute approximate surface area is 248 Å². The topological polar surface area (TPSA) is 158 Å². The van der Waals surface area contributed by atoms with Crippen LogP contribution >= 0.6 is 15.9 Å². The van der Waals surface area contributed by atoms with Crippen molar-refractivity contribution in [3.05, 3.63) is 101 Å². The highest BCUT2D eigenvalue weighted by molar-refractivity contribution is 9.10. The molecule has 0 unspecified atom stereocenters. The lowest BCUT2D eigenvalue weighted by Gasteiger charge is -2.35. The molecular weight excluding hydrogens is 615 g/mol. The van der Waals surface area contributed by atoms with Gasteiger partial charge in [-0.3, -0.25) is 20.2 Å². The summed E-state index contributed by atoms with van der Waals surface area (Å²) in [5.74, 6) is -2.05. The highest BCUT2D eigenvalue weighted by atomic mass is 79.9. The zero-order chi connectivity index (χ0) is 30.1. The van der Waals surface area contributed by atoms with Crippen LogP contribution in [0.5, 0.6) is 5.75 Å². The van der Waals surface area contributed by atoms with Gasteiger partial charge in [0, 0.05) is 29.4 Å². The summed E-state index contributed by atoms with van der Waals surface area (Å²) in [7, 11) is 0. The Balaban J connectivity index is 1.66. The van der Waals surface area contributed by atoms with Gasteiger partial charge in [0.1, 0.15) is 17.7 Å². The Morgan fingerprint density at radius 2 is 1.48 bits per heavy atom. The molecule has 0 saturated carbocycles. The number of hydrogen-bond donors (Lipinski definition) is 4. The summed E-state index contributed by atoms with van der Waals surface area (Å²) < 4.78 is 31.8. The van der Waals surface area contributed by atoms with Gasteiger partial charge in [-0.05, 0) is 58.4 Å². The van der Waals surface area contributed by atoms with Crippen molar-refractivity contribution in [2.45, 2.75) is 24.7 Å². The number of hydrogen-bond acceptors (Lipinski definition) is 7. The van der Waals surface area contributed by atoms with Crippen LogP contribution in [-0.2, 0) is 19.1 Å². The van der Waals surface area contributed by atoms with E-state index in [2.05, 4.69) is 31.9 Å². The fourth-order valence-electron chi connectivity index (χ4n) is 4.02.